The zero-order valence-corrected chi connectivity index (χ0v) is 11.6. The van der Waals surface area contributed by atoms with E-state index >= 15 is 0 Å². The second-order valence-corrected chi connectivity index (χ2v) is 6.87. The molecule has 0 amide bonds. The van der Waals surface area contributed by atoms with Crippen molar-refractivity contribution in [2.75, 3.05) is 19.3 Å². The summed E-state index contributed by atoms with van der Waals surface area (Å²) in [7, 11) is -3.18. The maximum absolute atomic E-state index is 11.6. The Morgan fingerprint density at radius 1 is 1.42 bits per heavy atom. The number of sulfonamides is 1. The molecule has 0 spiro atoms. The van der Waals surface area contributed by atoms with Gasteiger partial charge in [0, 0.05) is 13.1 Å². The van der Waals surface area contributed by atoms with Crippen LogP contribution in [0.15, 0.2) is 24.3 Å². The third-order valence-corrected chi connectivity index (χ3v) is 4.73. The van der Waals surface area contributed by atoms with Crippen LogP contribution in [0.2, 0.25) is 0 Å². The van der Waals surface area contributed by atoms with Crippen molar-refractivity contribution in [2.24, 2.45) is 0 Å². The number of piperidine rings is 1. The summed E-state index contributed by atoms with van der Waals surface area (Å²) in [4.78, 5) is 11.0. The van der Waals surface area contributed by atoms with Crippen LogP contribution in [0.1, 0.15) is 34.7 Å². The van der Waals surface area contributed by atoms with Gasteiger partial charge in [-0.2, -0.15) is 0 Å². The molecule has 2 rings (SSSR count). The van der Waals surface area contributed by atoms with Gasteiger partial charge < -0.3 is 5.11 Å². The highest BCUT2D eigenvalue weighted by Crippen LogP contribution is 2.28. The summed E-state index contributed by atoms with van der Waals surface area (Å²) in [5, 5.41) is 8.98. The number of hydrogen-bond donors (Lipinski definition) is 1. The van der Waals surface area contributed by atoms with Crippen LogP contribution in [-0.2, 0) is 10.0 Å². The fourth-order valence-corrected chi connectivity index (χ4v) is 3.35. The van der Waals surface area contributed by atoms with Gasteiger partial charge in [-0.25, -0.2) is 17.5 Å². The van der Waals surface area contributed by atoms with Crippen LogP contribution >= 0.6 is 0 Å². The smallest absolute Gasteiger partial charge is 0.335 e. The first-order valence-corrected chi connectivity index (χ1v) is 8.01. The Bertz CT molecular complexity index is 582. The Kier molecular flexibility index (Phi) is 3.91. The van der Waals surface area contributed by atoms with E-state index in [2.05, 4.69) is 0 Å². The Balaban J connectivity index is 2.22. The summed E-state index contributed by atoms with van der Waals surface area (Å²) < 4.78 is 24.6. The highest BCUT2D eigenvalue weighted by Gasteiger charge is 2.27. The highest BCUT2D eigenvalue weighted by molar-refractivity contribution is 7.88. The lowest BCUT2D eigenvalue weighted by Gasteiger charge is -2.31. The number of nitrogens with zero attached hydrogens (tertiary/aromatic N) is 1. The quantitative estimate of drug-likeness (QED) is 0.912. The van der Waals surface area contributed by atoms with Crippen molar-refractivity contribution in [1.82, 2.24) is 4.31 Å². The number of carbonyl (C=O) groups is 1. The molecule has 1 N–H and O–H groups in total. The zero-order chi connectivity index (χ0) is 14.0. The summed E-state index contributed by atoms with van der Waals surface area (Å²) in [5.74, 6) is -0.889. The van der Waals surface area contributed by atoms with E-state index in [1.165, 1.54) is 10.6 Å². The van der Waals surface area contributed by atoms with Crippen LogP contribution in [0.25, 0.3) is 0 Å². The second kappa shape index (κ2) is 5.30. The van der Waals surface area contributed by atoms with E-state index in [0.29, 0.717) is 13.1 Å². The van der Waals surface area contributed by atoms with Crippen molar-refractivity contribution >= 4 is 16.0 Å². The van der Waals surface area contributed by atoms with Gasteiger partial charge in [0.25, 0.3) is 0 Å². The second-order valence-electron chi connectivity index (χ2n) is 4.89. The molecule has 1 aliphatic rings. The van der Waals surface area contributed by atoms with Gasteiger partial charge in [-0.05, 0) is 36.5 Å². The van der Waals surface area contributed by atoms with Crippen molar-refractivity contribution in [1.29, 1.82) is 0 Å². The molecule has 0 bridgehead atoms. The maximum atomic E-state index is 11.6. The lowest BCUT2D eigenvalue weighted by Crippen LogP contribution is -2.38. The number of carboxylic acids is 1. The number of rotatable bonds is 3. The Hall–Kier alpha value is -1.40. The molecular weight excluding hydrogens is 266 g/mol. The normalized spacial score (nSPS) is 21.2. The molecule has 1 atom stereocenters. The molecular formula is C13H17NO4S. The van der Waals surface area contributed by atoms with Gasteiger partial charge in [0.2, 0.25) is 10.0 Å². The van der Waals surface area contributed by atoms with Crippen LogP contribution in [0.3, 0.4) is 0 Å². The molecule has 1 aromatic rings. The summed E-state index contributed by atoms with van der Waals surface area (Å²) in [6, 6.07) is 6.75. The van der Waals surface area contributed by atoms with Crippen LogP contribution in [0.4, 0.5) is 0 Å². The van der Waals surface area contributed by atoms with Crippen LogP contribution in [0.5, 0.6) is 0 Å². The van der Waals surface area contributed by atoms with Gasteiger partial charge in [0.05, 0.1) is 11.8 Å². The van der Waals surface area contributed by atoms with Crippen molar-refractivity contribution in [3.8, 4) is 0 Å². The first kappa shape index (κ1) is 14.0. The maximum Gasteiger partial charge on any atom is 0.335 e. The third kappa shape index (κ3) is 3.33. The molecule has 0 aromatic heterocycles. The van der Waals surface area contributed by atoms with E-state index in [-0.39, 0.29) is 11.5 Å². The molecule has 1 aliphatic heterocycles. The number of hydrogen-bond acceptors (Lipinski definition) is 3. The van der Waals surface area contributed by atoms with Gasteiger partial charge in [0.1, 0.15) is 0 Å². The number of benzene rings is 1. The average molecular weight is 283 g/mol. The van der Waals surface area contributed by atoms with Crippen molar-refractivity contribution in [3.63, 3.8) is 0 Å². The average Bonchev–Trinajstić information content (AvgIpc) is 2.38. The van der Waals surface area contributed by atoms with E-state index in [0.717, 1.165) is 18.4 Å². The van der Waals surface area contributed by atoms with E-state index in [4.69, 9.17) is 5.11 Å². The molecule has 19 heavy (non-hydrogen) atoms. The van der Waals surface area contributed by atoms with Gasteiger partial charge >= 0.3 is 5.97 Å². The fraction of sp³-hybridized carbons (Fsp3) is 0.462. The predicted octanol–water partition coefficient (Wildman–Crippen LogP) is 1.52. The van der Waals surface area contributed by atoms with E-state index < -0.39 is 16.0 Å². The standard InChI is InChI=1S/C13H17NO4S/c1-19(17,18)14-7-3-6-12(9-14)10-4-2-5-11(8-10)13(15)16/h2,4-5,8,12H,3,6-7,9H2,1H3,(H,15,16)/t12-/m1/s1. The van der Waals surface area contributed by atoms with Crippen LogP contribution < -0.4 is 0 Å². The summed E-state index contributed by atoms with van der Waals surface area (Å²) in [6.45, 7) is 0.982. The van der Waals surface area contributed by atoms with Crippen molar-refractivity contribution in [3.05, 3.63) is 35.4 Å². The van der Waals surface area contributed by atoms with E-state index in [1.807, 2.05) is 6.07 Å². The Labute approximate surface area is 112 Å². The lowest BCUT2D eigenvalue weighted by atomic mass is 9.91. The minimum absolute atomic E-state index is 0.0720. The molecule has 1 aromatic carbocycles. The first-order chi connectivity index (χ1) is 8.88. The third-order valence-electron chi connectivity index (χ3n) is 3.46. The minimum Gasteiger partial charge on any atom is -0.478 e. The molecule has 1 saturated heterocycles. The zero-order valence-electron chi connectivity index (χ0n) is 10.7. The molecule has 5 nitrogen and oxygen atoms in total. The fourth-order valence-electron chi connectivity index (χ4n) is 2.44. The van der Waals surface area contributed by atoms with Gasteiger partial charge in [-0.3, -0.25) is 0 Å². The van der Waals surface area contributed by atoms with Crippen LogP contribution in [0, 0.1) is 0 Å². The summed E-state index contributed by atoms with van der Waals surface area (Å²) in [5.41, 5.74) is 1.14. The van der Waals surface area contributed by atoms with Gasteiger partial charge in [-0.15, -0.1) is 0 Å². The van der Waals surface area contributed by atoms with E-state index in [1.54, 1.807) is 18.2 Å². The Morgan fingerprint density at radius 3 is 2.79 bits per heavy atom. The largest absolute Gasteiger partial charge is 0.478 e. The van der Waals surface area contributed by atoms with Gasteiger partial charge in [0.15, 0.2) is 0 Å². The summed E-state index contributed by atoms with van der Waals surface area (Å²) in [6.07, 6.45) is 2.90. The first-order valence-electron chi connectivity index (χ1n) is 6.16. The predicted molar refractivity (Wildman–Crippen MR) is 71.8 cm³/mol. The SMILES string of the molecule is CS(=O)(=O)N1CCC[C@@H](c2cccc(C(=O)O)c2)C1. The van der Waals surface area contributed by atoms with Crippen molar-refractivity contribution < 1.29 is 18.3 Å². The molecule has 1 fully saturated rings. The van der Waals surface area contributed by atoms with Crippen LogP contribution in [-0.4, -0.2) is 43.1 Å². The molecule has 0 aliphatic carbocycles. The molecule has 0 saturated carbocycles. The van der Waals surface area contributed by atoms with Gasteiger partial charge in [-0.1, -0.05) is 12.1 Å². The lowest BCUT2D eigenvalue weighted by molar-refractivity contribution is 0.0696. The number of carboxylic acid groups (broad SMARTS) is 1. The molecule has 6 heteroatoms. The molecule has 0 unspecified atom stereocenters. The summed E-state index contributed by atoms with van der Waals surface area (Å²) >= 11 is 0. The highest BCUT2D eigenvalue weighted by atomic mass is 32.2. The minimum atomic E-state index is -3.18. The molecule has 104 valence electrons. The Morgan fingerprint density at radius 2 is 2.16 bits per heavy atom. The monoisotopic (exact) mass is 283 g/mol. The molecule has 1 heterocycles. The van der Waals surface area contributed by atoms with Crippen molar-refractivity contribution in [2.45, 2.75) is 18.8 Å². The topological polar surface area (TPSA) is 74.7 Å². The number of aromatic carboxylic acids is 1. The molecule has 0 radical (unpaired) electrons. The van der Waals surface area contributed by atoms with E-state index in [9.17, 15) is 13.2 Å².